The molecule has 0 bridgehead atoms. The predicted octanol–water partition coefficient (Wildman–Crippen LogP) is 2.06. The Morgan fingerprint density at radius 3 is 2.20 bits per heavy atom. The molecule has 1 aromatic carbocycles. The number of esters is 1. The first-order chi connectivity index (χ1) is 7.01. The Balaban J connectivity index is 2.95. The van der Waals surface area contributed by atoms with Crippen molar-refractivity contribution >= 4 is 11.7 Å². The summed E-state index contributed by atoms with van der Waals surface area (Å²) in [7, 11) is 5.66. The molecule has 1 rings (SSSR count). The molecule has 0 fully saturated rings. The molecule has 0 aliphatic carbocycles. The van der Waals surface area contributed by atoms with Crippen molar-refractivity contribution in [2.75, 3.05) is 27.7 Å². The van der Waals surface area contributed by atoms with Gasteiger partial charge in [0.05, 0.1) is 33.3 Å². The van der Waals surface area contributed by atoms with E-state index in [4.69, 9.17) is 0 Å². The molecule has 3 nitrogen and oxygen atoms in total. The van der Waals surface area contributed by atoms with Crippen LogP contribution in [0.4, 0.5) is 5.69 Å². The summed E-state index contributed by atoms with van der Waals surface area (Å²) in [5, 5.41) is 0. The maximum absolute atomic E-state index is 11.2. The van der Waals surface area contributed by atoms with E-state index in [-0.39, 0.29) is 5.97 Å². The van der Waals surface area contributed by atoms with Crippen molar-refractivity contribution in [2.24, 2.45) is 0 Å². The van der Waals surface area contributed by atoms with Crippen molar-refractivity contribution in [3.05, 3.63) is 29.8 Å². The van der Waals surface area contributed by atoms with E-state index in [1.807, 2.05) is 12.1 Å². The fourth-order valence-corrected chi connectivity index (χ4v) is 1.30. The molecule has 0 saturated heterocycles. The van der Waals surface area contributed by atoms with E-state index in [9.17, 15) is 4.79 Å². The Morgan fingerprint density at radius 2 is 1.80 bits per heavy atom. The van der Waals surface area contributed by atoms with Crippen molar-refractivity contribution in [3.8, 4) is 0 Å². The quantitative estimate of drug-likeness (QED) is 0.561. The minimum atomic E-state index is -0.289. The molecule has 0 N–H and O–H groups in total. The fraction of sp³-hybridized carbons (Fsp3) is 0.417. The van der Waals surface area contributed by atoms with Gasteiger partial charge in [0.25, 0.3) is 0 Å². The lowest BCUT2D eigenvalue weighted by molar-refractivity contribution is 0.0600. The van der Waals surface area contributed by atoms with Gasteiger partial charge in [0.2, 0.25) is 0 Å². The second-order valence-electron chi connectivity index (χ2n) is 4.04. The summed E-state index contributed by atoms with van der Waals surface area (Å²) in [6, 6.07) is 7.54. The van der Waals surface area contributed by atoms with Gasteiger partial charge in [-0.3, -0.25) is 4.48 Å². The van der Waals surface area contributed by atoms with Crippen LogP contribution < -0.4 is 4.48 Å². The summed E-state index contributed by atoms with van der Waals surface area (Å²) in [4.78, 5) is 11.2. The minimum absolute atomic E-state index is 0.289. The number of ether oxygens (including phenoxy) is 1. The van der Waals surface area contributed by atoms with Crippen LogP contribution in [0, 0.1) is 0 Å². The second-order valence-corrected chi connectivity index (χ2v) is 4.04. The Labute approximate surface area is 90.9 Å². The molecule has 0 spiro atoms. The Kier molecular flexibility index (Phi) is 3.48. The van der Waals surface area contributed by atoms with E-state index in [0.717, 1.165) is 11.0 Å². The van der Waals surface area contributed by atoms with E-state index >= 15 is 0 Å². The smallest absolute Gasteiger partial charge is 0.337 e. The number of benzene rings is 1. The lowest BCUT2D eigenvalue weighted by atomic mass is 10.2. The number of rotatable bonds is 3. The summed E-state index contributed by atoms with van der Waals surface area (Å²) in [6.07, 6.45) is 0. The molecule has 0 amide bonds. The molecule has 0 aromatic heterocycles. The molecule has 0 atom stereocenters. The lowest BCUT2D eigenvalue weighted by Crippen LogP contribution is -2.39. The number of carbonyl (C=O) groups excluding carboxylic acids is 1. The molecular formula is C12H18NO2+. The Morgan fingerprint density at radius 1 is 1.27 bits per heavy atom. The van der Waals surface area contributed by atoms with E-state index < -0.39 is 0 Å². The zero-order chi connectivity index (χ0) is 11.5. The van der Waals surface area contributed by atoms with Crippen LogP contribution in [0.2, 0.25) is 0 Å². The van der Waals surface area contributed by atoms with Crippen LogP contribution in [-0.2, 0) is 4.74 Å². The summed E-state index contributed by atoms with van der Waals surface area (Å²) in [6.45, 7) is 3.14. The Hall–Kier alpha value is -1.35. The van der Waals surface area contributed by atoms with Crippen molar-refractivity contribution < 1.29 is 9.53 Å². The molecule has 0 saturated carbocycles. The largest absolute Gasteiger partial charge is 0.465 e. The first-order valence-electron chi connectivity index (χ1n) is 5.03. The summed E-state index contributed by atoms with van der Waals surface area (Å²) >= 11 is 0. The van der Waals surface area contributed by atoms with Gasteiger partial charge in [0.1, 0.15) is 5.69 Å². The van der Waals surface area contributed by atoms with Crippen molar-refractivity contribution in [3.63, 3.8) is 0 Å². The van der Waals surface area contributed by atoms with E-state index in [0.29, 0.717) is 5.56 Å². The Bertz CT molecular complexity index is 341. The van der Waals surface area contributed by atoms with Crippen LogP contribution in [0.1, 0.15) is 17.3 Å². The zero-order valence-electron chi connectivity index (χ0n) is 9.78. The number of hydrogen-bond donors (Lipinski definition) is 0. The van der Waals surface area contributed by atoms with Gasteiger partial charge in [-0.05, 0) is 31.2 Å². The first kappa shape index (κ1) is 11.7. The summed E-state index contributed by atoms with van der Waals surface area (Å²) in [5.41, 5.74) is 1.78. The van der Waals surface area contributed by atoms with Gasteiger partial charge in [-0.1, -0.05) is 0 Å². The van der Waals surface area contributed by atoms with E-state index in [1.165, 1.54) is 12.8 Å². The third kappa shape index (κ3) is 2.57. The lowest BCUT2D eigenvalue weighted by Gasteiger charge is -2.27. The zero-order valence-corrected chi connectivity index (χ0v) is 9.78. The fourth-order valence-electron chi connectivity index (χ4n) is 1.30. The standard InChI is InChI=1S/C12H18NO2/c1-5-13(2,3)11-8-6-10(7-9-11)12(14)15-4/h6-9H,5H2,1-4H3/q+1. The van der Waals surface area contributed by atoms with Crippen LogP contribution >= 0.6 is 0 Å². The molecule has 0 aliphatic rings. The normalized spacial score (nSPS) is 11.2. The molecule has 15 heavy (non-hydrogen) atoms. The topological polar surface area (TPSA) is 26.3 Å². The van der Waals surface area contributed by atoms with Crippen molar-refractivity contribution in [2.45, 2.75) is 6.92 Å². The monoisotopic (exact) mass is 208 g/mol. The number of nitrogens with zero attached hydrogens (tertiary/aromatic N) is 1. The number of hydrogen-bond acceptors (Lipinski definition) is 2. The van der Waals surface area contributed by atoms with Crippen LogP contribution in [0.15, 0.2) is 24.3 Å². The van der Waals surface area contributed by atoms with Crippen molar-refractivity contribution in [1.82, 2.24) is 4.48 Å². The number of quaternary nitrogens is 1. The van der Waals surface area contributed by atoms with Crippen LogP contribution in [-0.4, -0.2) is 33.7 Å². The minimum Gasteiger partial charge on any atom is -0.465 e. The summed E-state index contributed by atoms with van der Waals surface area (Å²) in [5.74, 6) is -0.289. The van der Waals surface area contributed by atoms with Crippen LogP contribution in [0.25, 0.3) is 0 Å². The molecule has 0 aliphatic heterocycles. The highest BCUT2D eigenvalue weighted by Crippen LogP contribution is 2.19. The van der Waals surface area contributed by atoms with Crippen LogP contribution in [0.3, 0.4) is 0 Å². The van der Waals surface area contributed by atoms with Crippen LogP contribution in [0.5, 0.6) is 0 Å². The highest BCUT2D eigenvalue weighted by atomic mass is 16.5. The highest BCUT2D eigenvalue weighted by molar-refractivity contribution is 5.89. The average Bonchev–Trinajstić information content (AvgIpc) is 2.28. The maximum atomic E-state index is 11.2. The third-order valence-electron chi connectivity index (χ3n) is 2.78. The molecule has 0 unspecified atom stereocenters. The van der Waals surface area contributed by atoms with E-state index in [1.54, 1.807) is 12.1 Å². The summed E-state index contributed by atoms with van der Waals surface area (Å²) < 4.78 is 5.45. The SMILES string of the molecule is CC[N+](C)(C)c1ccc(C(=O)OC)cc1. The number of carbonyl (C=O) groups is 1. The van der Waals surface area contributed by atoms with Gasteiger partial charge >= 0.3 is 5.97 Å². The van der Waals surface area contributed by atoms with Gasteiger partial charge in [0, 0.05) is 0 Å². The highest BCUT2D eigenvalue weighted by Gasteiger charge is 2.16. The van der Waals surface area contributed by atoms with Gasteiger partial charge in [0.15, 0.2) is 0 Å². The molecule has 3 heteroatoms. The maximum Gasteiger partial charge on any atom is 0.337 e. The third-order valence-corrected chi connectivity index (χ3v) is 2.78. The second kappa shape index (κ2) is 4.45. The first-order valence-corrected chi connectivity index (χ1v) is 5.03. The van der Waals surface area contributed by atoms with E-state index in [2.05, 4.69) is 25.8 Å². The molecular weight excluding hydrogens is 190 g/mol. The molecule has 0 heterocycles. The number of methoxy groups -OCH3 is 1. The molecule has 82 valence electrons. The predicted molar refractivity (Wildman–Crippen MR) is 62.0 cm³/mol. The van der Waals surface area contributed by atoms with Crippen molar-refractivity contribution in [1.29, 1.82) is 0 Å². The van der Waals surface area contributed by atoms with Gasteiger partial charge in [-0.15, -0.1) is 0 Å². The van der Waals surface area contributed by atoms with Gasteiger partial charge in [-0.2, -0.15) is 0 Å². The molecule has 1 aromatic rings. The average molecular weight is 208 g/mol. The molecule has 0 radical (unpaired) electrons. The van der Waals surface area contributed by atoms with Gasteiger partial charge < -0.3 is 4.74 Å². The van der Waals surface area contributed by atoms with Gasteiger partial charge in [-0.25, -0.2) is 4.79 Å².